The van der Waals surface area contributed by atoms with Crippen LogP contribution in [-0.2, 0) is 14.3 Å². The van der Waals surface area contributed by atoms with E-state index in [0.29, 0.717) is 17.3 Å². The zero-order valence-corrected chi connectivity index (χ0v) is 16.8. The van der Waals surface area contributed by atoms with Gasteiger partial charge in [0.1, 0.15) is 6.10 Å². The molecule has 3 fully saturated rings. The summed E-state index contributed by atoms with van der Waals surface area (Å²) >= 11 is 0. The number of hydrogen-bond donors (Lipinski definition) is 0. The van der Waals surface area contributed by atoms with Crippen molar-refractivity contribution in [3.05, 3.63) is 11.6 Å². The summed E-state index contributed by atoms with van der Waals surface area (Å²) in [7, 11) is 0. The maximum absolute atomic E-state index is 12.2. The van der Waals surface area contributed by atoms with E-state index >= 15 is 0 Å². The second kappa shape index (κ2) is 6.21. The van der Waals surface area contributed by atoms with Gasteiger partial charge in [-0.05, 0) is 98.4 Å². The highest BCUT2D eigenvalue weighted by molar-refractivity contribution is 5.95. The molecule has 144 valence electrons. The third-order valence-electron chi connectivity index (χ3n) is 8.91. The molecule has 0 spiro atoms. The maximum atomic E-state index is 12.2. The van der Waals surface area contributed by atoms with E-state index in [0.717, 1.165) is 36.7 Å². The molecule has 3 heteroatoms. The standard InChI is InChI=1S/C23H34O3/c1-14(24)19-7-8-20-18-6-5-16-13-17(26-15(2)25)9-11-22(16,3)21(18)10-12-23(19,20)4/h7,16-18,20-21H,5-6,8-13H2,1-4H3/t16?,17-,18?,20?,21?,22-,23+/m0/s1. The van der Waals surface area contributed by atoms with Crippen molar-refractivity contribution in [3.63, 3.8) is 0 Å². The molecule has 0 heterocycles. The highest BCUT2D eigenvalue weighted by Gasteiger charge is 2.59. The van der Waals surface area contributed by atoms with Crippen molar-refractivity contribution in [2.24, 2.45) is 34.5 Å². The summed E-state index contributed by atoms with van der Waals surface area (Å²) in [6.07, 6.45) is 11.7. The van der Waals surface area contributed by atoms with Crippen LogP contribution in [0.15, 0.2) is 11.6 Å². The topological polar surface area (TPSA) is 43.4 Å². The first-order valence-electron chi connectivity index (χ1n) is 10.6. The van der Waals surface area contributed by atoms with E-state index < -0.39 is 0 Å². The molecular formula is C23H34O3. The van der Waals surface area contributed by atoms with Crippen LogP contribution in [-0.4, -0.2) is 17.9 Å². The Bertz CT molecular complexity index is 650. The van der Waals surface area contributed by atoms with Crippen molar-refractivity contribution in [2.75, 3.05) is 0 Å². The molecule has 4 aliphatic carbocycles. The van der Waals surface area contributed by atoms with Crippen LogP contribution in [0.5, 0.6) is 0 Å². The van der Waals surface area contributed by atoms with Crippen molar-refractivity contribution < 1.29 is 14.3 Å². The number of carbonyl (C=O) groups excluding carboxylic acids is 2. The van der Waals surface area contributed by atoms with Crippen molar-refractivity contribution >= 4 is 11.8 Å². The summed E-state index contributed by atoms with van der Waals surface area (Å²) in [5, 5.41) is 0. The molecule has 0 aromatic rings. The number of allylic oxidation sites excluding steroid dienone is 2. The fraction of sp³-hybridized carbons (Fsp3) is 0.826. The summed E-state index contributed by atoms with van der Waals surface area (Å²) in [6.45, 7) is 8.17. The van der Waals surface area contributed by atoms with Gasteiger partial charge in [0.25, 0.3) is 0 Å². The van der Waals surface area contributed by atoms with Crippen LogP contribution in [0.2, 0.25) is 0 Å². The lowest BCUT2D eigenvalue weighted by molar-refractivity contribution is -0.159. The maximum Gasteiger partial charge on any atom is 0.302 e. The normalized spacial score (nSPS) is 47.2. The third-order valence-corrected chi connectivity index (χ3v) is 8.91. The average Bonchev–Trinajstić information content (AvgIpc) is 2.92. The van der Waals surface area contributed by atoms with Crippen LogP contribution in [0.4, 0.5) is 0 Å². The van der Waals surface area contributed by atoms with Crippen LogP contribution < -0.4 is 0 Å². The number of fused-ring (bicyclic) bond motifs is 5. The quantitative estimate of drug-likeness (QED) is 0.646. The predicted molar refractivity (Wildman–Crippen MR) is 101 cm³/mol. The summed E-state index contributed by atoms with van der Waals surface area (Å²) < 4.78 is 5.56. The van der Waals surface area contributed by atoms with Crippen molar-refractivity contribution in [3.8, 4) is 0 Å². The molecule has 3 nitrogen and oxygen atoms in total. The van der Waals surface area contributed by atoms with Gasteiger partial charge in [-0.2, -0.15) is 0 Å². The molecule has 0 aromatic carbocycles. The summed E-state index contributed by atoms with van der Waals surface area (Å²) in [5.74, 6) is 3.03. The molecule has 0 N–H and O–H groups in total. The van der Waals surface area contributed by atoms with Gasteiger partial charge in [-0.1, -0.05) is 19.9 Å². The Balaban J connectivity index is 1.54. The molecule has 26 heavy (non-hydrogen) atoms. The van der Waals surface area contributed by atoms with Gasteiger partial charge < -0.3 is 4.74 Å². The number of esters is 1. The lowest BCUT2D eigenvalue weighted by Gasteiger charge is -2.60. The largest absolute Gasteiger partial charge is 0.463 e. The molecule has 0 bridgehead atoms. The minimum Gasteiger partial charge on any atom is -0.463 e. The Morgan fingerprint density at radius 3 is 2.50 bits per heavy atom. The molecule has 0 amide bonds. The SMILES string of the molecule is CC(=O)O[C@H]1CC[C@@]2(C)C(CCC3C2CC[C@]2(C)C(C(C)=O)=CCC32)C1. The van der Waals surface area contributed by atoms with Crippen LogP contribution in [0, 0.1) is 34.5 Å². The molecule has 0 aliphatic heterocycles. The Morgan fingerprint density at radius 1 is 1.04 bits per heavy atom. The summed E-state index contributed by atoms with van der Waals surface area (Å²) in [4.78, 5) is 23.5. The number of hydrogen-bond acceptors (Lipinski definition) is 3. The number of ether oxygens (including phenoxy) is 1. The Morgan fingerprint density at radius 2 is 1.81 bits per heavy atom. The minimum atomic E-state index is -0.130. The van der Waals surface area contributed by atoms with Gasteiger partial charge in [0, 0.05) is 6.92 Å². The van der Waals surface area contributed by atoms with Gasteiger partial charge >= 0.3 is 5.97 Å². The van der Waals surface area contributed by atoms with E-state index in [-0.39, 0.29) is 23.3 Å². The molecule has 3 saturated carbocycles. The van der Waals surface area contributed by atoms with Crippen molar-refractivity contribution in [1.29, 1.82) is 0 Å². The first kappa shape index (κ1) is 18.3. The van der Waals surface area contributed by atoms with E-state index in [9.17, 15) is 9.59 Å². The Labute approximate surface area is 157 Å². The van der Waals surface area contributed by atoms with E-state index in [1.807, 2.05) is 0 Å². The molecule has 0 radical (unpaired) electrons. The number of rotatable bonds is 2. The third kappa shape index (κ3) is 2.60. The first-order valence-corrected chi connectivity index (χ1v) is 10.6. The van der Waals surface area contributed by atoms with Gasteiger partial charge in [0.15, 0.2) is 5.78 Å². The zero-order chi connectivity index (χ0) is 18.7. The van der Waals surface area contributed by atoms with E-state index in [4.69, 9.17) is 4.74 Å². The van der Waals surface area contributed by atoms with E-state index in [1.54, 1.807) is 6.92 Å². The van der Waals surface area contributed by atoms with Crippen LogP contribution in [0.25, 0.3) is 0 Å². The first-order chi connectivity index (χ1) is 12.3. The lowest BCUT2D eigenvalue weighted by atomic mass is 9.44. The second-order valence-corrected chi connectivity index (χ2v) is 10.0. The minimum absolute atomic E-state index is 0.116. The van der Waals surface area contributed by atoms with E-state index in [2.05, 4.69) is 19.9 Å². The molecule has 0 saturated heterocycles. The zero-order valence-electron chi connectivity index (χ0n) is 16.8. The van der Waals surface area contributed by atoms with Gasteiger partial charge in [-0.3, -0.25) is 9.59 Å². The second-order valence-electron chi connectivity index (χ2n) is 10.0. The fourth-order valence-electron chi connectivity index (χ4n) is 7.67. The summed E-state index contributed by atoms with van der Waals surface area (Å²) in [5.41, 5.74) is 1.62. The van der Waals surface area contributed by atoms with Gasteiger partial charge in [-0.15, -0.1) is 0 Å². The highest BCUT2D eigenvalue weighted by atomic mass is 16.5. The lowest BCUT2D eigenvalue weighted by Crippen LogP contribution is -2.54. The number of carbonyl (C=O) groups is 2. The molecule has 4 rings (SSSR count). The fourth-order valence-corrected chi connectivity index (χ4v) is 7.67. The Hall–Kier alpha value is -1.12. The number of ketones is 1. The molecule has 0 aromatic heterocycles. The van der Waals surface area contributed by atoms with Crippen LogP contribution in [0.3, 0.4) is 0 Å². The van der Waals surface area contributed by atoms with Gasteiger partial charge in [0.2, 0.25) is 0 Å². The van der Waals surface area contributed by atoms with Crippen molar-refractivity contribution in [1.82, 2.24) is 0 Å². The number of Topliss-reactive ketones (excluding diaryl/α,β-unsaturated/α-hetero) is 1. The summed E-state index contributed by atoms with van der Waals surface area (Å²) in [6, 6.07) is 0. The molecule has 4 unspecified atom stereocenters. The smallest absolute Gasteiger partial charge is 0.302 e. The van der Waals surface area contributed by atoms with Gasteiger partial charge in [-0.25, -0.2) is 0 Å². The average molecular weight is 359 g/mol. The predicted octanol–water partition coefficient (Wildman–Crippen LogP) is 5.09. The van der Waals surface area contributed by atoms with E-state index in [1.165, 1.54) is 39.0 Å². The van der Waals surface area contributed by atoms with Crippen LogP contribution >= 0.6 is 0 Å². The van der Waals surface area contributed by atoms with Crippen LogP contribution in [0.1, 0.15) is 79.1 Å². The van der Waals surface area contributed by atoms with Gasteiger partial charge in [0.05, 0.1) is 0 Å². The molecule has 4 aliphatic rings. The highest BCUT2D eigenvalue weighted by Crippen LogP contribution is 2.66. The molecular weight excluding hydrogens is 324 g/mol. The monoisotopic (exact) mass is 358 g/mol. The molecule has 7 atom stereocenters. The Kier molecular flexibility index (Phi) is 4.36. The van der Waals surface area contributed by atoms with Crippen molar-refractivity contribution in [2.45, 2.75) is 85.2 Å².